The van der Waals surface area contributed by atoms with Crippen LogP contribution < -0.4 is 11.1 Å². The SMILES string of the molecule is C=C(Nc1cncc(-c2ccc(N)c(Cc3nc4ccncc4[nH]3)c2)c1)C1CCCC1. The molecule has 0 atom stereocenters. The van der Waals surface area contributed by atoms with E-state index in [0.29, 0.717) is 12.3 Å². The van der Waals surface area contributed by atoms with Crippen LogP contribution in [0.5, 0.6) is 0 Å². The number of aromatic amines is 1. The number of aromatic nitrogens is 4. The zero-order chi connectivity index (χ0) is 21.2. The van der Waals surface area contributed by atoms with Gasteiger partial charge in [0.2, 0.25) is 0 Å². The molecule has 5 rings (SSSR count). The van der Waals surface area contributed by atoms with Crippen molar-refractivity contribution < 1.29 is 0 Å². The van der Waals surface area contributed by atoms with Gasteiger partial charge in [0.1, 0.15) is 5.82 Å². The number of rotatable bonds is 6. The third-order valence-electron chi connectivity index (χ3n) is 6.06. The van der Waals surface area contributed by atoms with E-state index < -0.39 is 0 Å². The summed E-state index contributed by atoms with van der Waals surface area (Å²) in [4.78, 5) is 16.6. The van der Waals surface area contributed by atoms with Crippen molar-refractivity contribution >= 4 is 22.4 Å². The van der Waals surface area contributed by atoms with Crippen LogP contribution in [0.2, 0.25) is 0 Å². The molecule has 0 unspecified atom stereocenters. The Hall–Kier alpha value is -3.67. The highest BCUT2D eigenvalue weighted by Crippen LogP contribution is 2.32. The van der Waals surface area contributed by atoms with E-state index in [1.807, 2.05) is 30.6 Å². The van der Waals surface area contributed by atoms with Crippen molar-refractivity contribution in [2.75, 3.05) is 11.1 Å². The number of hydrogen-bond acceptors (Lipinski definition) is 5. The Morgan fingerprint density at radius 1 is 1.06 bits per heavy atom. The number of nitrogens with one attached hydrogen (secondary N) is 2. The minimum Gasteiger partial charge on any atom is -0.398 e. The molecule has 0 radical (unpaired) electrons. The van der Waals surface area contributed by atoms with Crippen molar-refractivity contribution in [2.24, 2.45) is 5.92 Å². The van der Waals surface area contributed by atoms with Crippen molar-refractivity contribution in [1.82, 2.24) is 19.9 Å². The van der Waals surface area contributed by atoms with Gasteiger partial charge in [-0.25, -0.2) is 4.98 Å². The molecule has 1 aliphatic rings. The number of nitrogens with zero attached hydrogens (tertiary/aromatic N) is 3. The monoisotopic (exact) mass is 410 g/mol. The van der Waals surface area contributed by atoms with E-state index in [1.54, 1.807) is 12.4 Å². The second kappa shape index (κ2) is 8.22. The molecular weight excluding hydrogens is 384 g/mol. The van der Waals surface area contributed by atoms with Crippen LogP contribution in [-0.2, 0) is 6.42 Å². The molecule has 0 bridgehead atoms. The first kappa shape index (κ1) is 19.3. The molecular formula is C25H26N6. The number of nitrogen functional groups attached to an aromatic ring is 1. The standard InChI is InChI=1S/C25H26N6/c1-16(17-4-2-3-5-17)29-21-11-20(13-28-14-21)18-6-7-22(26)19(10-18)12-25-30-23-8-9-27-15-24(23)31-25/h6-11,13-15,17,29H,1-5,12,26H2,(H,30,31). The van der Waals surface area contributed by atoms with Crippen LogP contribution in [0.4, 0.5) is 11.4 Å². The number of hydrogen-bond donors (Lipinski definition) is 3. The second-order valence-corrected chi connectivity index (χ2v) is 8.26. The number of nitrogens with two attached hydrogens (primary N) is 1. The number of H-pyrrole nitrogens is 1. The van der Waals surface area contributed by atoms with Gasteiger partial charge in [-0.2, -0.15) is 0 Å². The Balaban J connectivity index is 1.38. The number of benzene rings is 1. The van der Waals surface area contributed by atoms with Crippen molar-refractivity contribution in [3.05, 3.63) is 78.8 Å². The van der Waals surface area contributed by atoms with E-state index in [1.165, 1.54) is 25.7 Å². The quantitative estimate of drug-likeness (QED) is 0.375. The summed E-state index contributed by atoms with van der Waals surface area (Å²) < 4.78 is 0. The number of pyridine rings is 2. The van der Waals surface area contributed by atoms with E-state index in [4.69, 9.17) is 5.73 Å². The van der Waals surface area contributed by atoms with Crippen LogP contribution in [0.3, 0.4) is 0 Å². The fourth-order valence-electron chi connectivity index (χ4n) is 4.34. The van der Waals surface area contributed by atoms with Crippen molar-refractivity contribution in [2.45, 2.75) is 32.1 Å². The van der Waals surface area contributed by atoms with Crippen LogP contribution >= 0.6 is 0 Å². The first-order chi connectivity index (χ1) is 15.2. The Kier molecular flexibility index (Phi) is 5.12. The van der Waals surface area contributed by atoms with Gasteiger partial charge in [-0.15, -0.1) is 0 Å². The minimum absolute atomic E-state index is 0.561. The van der Waals surface area contributed by atoms with Gasteiger partial charge in [-0.05, 0) is 54.2 Å². The summed E-state index contributed by atoms with van der Waals surface area (Å²) in [5, 5.41) is 3.47. The number of fused-ring (bicyclic) bond motifs is 1. The second-order valence-electron chi connectivity index (χ2n) is 8.26. The molecule has 3 aromatic heterocycles. The summed E-state index contributed by atoms with van der Waals surface area (Å²) in [5.41, 5.74) is 14.1. The lowest BCUT2D eigenvalue weighted by molar-refractivity contribution is 0.649. The van der Waals surface area contributed by atoms with Crippen LogP contribution in [0.1, 0.15) is 37.1 Å². The van der Waals surface area contributed by atoms with Crippen molar-refractivity contribution in [3.63, 3.8) is 0 Å². The summed E-state index contributed by atoms with van der Waals surface area (Å²) in [6.07, 6.45) is 12.9. The lowest BCUT2D eigenvalue weighted by atomic mass is 10.0. The average molecular weight is 411 g/mol. The van der Waals surface area contributed by atoms with Gasteiger partial charge in [0, 0.05) is 35.8 Å². The third kappa shape index (κ3) is 4.14. The van der Waals surface area contributed by atoms with Gasteiger partial charge < -0.3 is 16.0 Å². The van der Waals surface area contributed by atoms with E-state index in [0.717, 1.165) is 50.6 Å². The first-order valence-corrected chi connectivity index (χ1v) is 10.7. The number of imidazole rings is 1. The van der Waals surface area contributed by atoms with E-state index in [-0.39, 0.29) is 0 Å². The molecule has 1 saturated carbocycles. The molecule has 156 valence electrons. The topological polar surface area (TPSA) is 92.5 Å². The van der Waals surface area contributed by atoms with Gasteiger partial charge in [-0.3, -0.25) is 9.97 Å². The molecule has 4 N–H and O–H groups in total. The normalized spacial score (nSPS) is 14.2. The van der Waals surface area contributed by atoms with Crippen LogP contribution in [0, 0.1) is 5.92 Å². The highest BCUT2D eigenvalue weighted by Gasteiger charge is 2.18. The highest BCUT2D eigenvalue weighted by molar-refractivity contribution is 5.74. The van der Waals surface area contributed by atoms with Crippen LogP contribution in [-0.4, -0.2) is 19.9 Å². The molecule has 6 heteroatoms. The van der Waals surface area contributed by atoms with Gasteiger partial charge >= 0.3 is 0 Å². The maximum atomic E-state index is 6.28. The van der Waals surface area contributed by atoms with E-state index in [2.05, 4.69) is 44.0 Å². The third-order valence-corrected chi connectivity index (χ3v) is 6.06. The maximum absolute atomic E-state index is 6.28. The van der Waals surface area contributed by atoms with E-state index >= 15 is 0 Å². The smallest absolute Gasteiger partial charge is 0.111 e. The van der Waals surface area contributed by atoms with E-state index in [9.17, 15) is 0 Å². The molecule has 1 aromatic carbocycles. The molecule has 6 nitrogen and oxygen atoms in total. The first-order valence-electron chi connectivity index (χ1n) is 10.7. The summed E-state index contributed by atoms with van der Waals surface area (Å²) >= 11 is 0. The van der Waals surface area contributed by atoms with Crippen LogP contribution in [0.25, 0.3) is 22.2 Å². The van der Waals surface area contributed by atoms with Gasteiger partial charge in [-0.1, -0.05) is 25.5 Å². The molecule has 3 heterocycles. The lowest BCUT2D eigenvalue weighted by Crippen LogP contribution is -2.07. The zero-order valence-electron chi connectivity index (χ0n) is 17.4. The fraction of sp³-hybridized carbons (Fsp3) is 0.240. The largest absolute Gasteiger partial charge is 0.398 e. The average Bonchev–Trinajstić information content (AvgIpc) is 3.45. The van der Waals surface area contributed by atoms with Crippen LogP contribution in [0.15, 0.2) is 67.4 Å². The molecule has 0 spiro atoms. The molecule has 0 aliphatic heterocycles. The predicted octanol–water partition coefficient (Wildman–Crippen LogP) is 5.31. The summed E-state index contributed by atoms with van der Waals surface area (Å²) in [5.74, 6) is 1.43. The molecule has 1 fully saturated rings. The van der Waals surface area contributed by atoms with Gasteiger partial charge in [0.25, 0.3) is 0 Å². The molecule has 0 saturated heterocycles. The number of anilines is 2. The Morgan fingerprint density at radius 2 is 1.94 bits per heavy atom. The number of allylic oxidation sites excluding steroid dienone is 1. The molecule has 31 heavy (non-hydrogen) atoms. The zero-order valence-corrected chi connectivity index (χ0v) is 17.4. The molecule has 4 aromatic rings. The molecule has 1 aliphatic carbocycles. The fourth-order valence-corrected chi connectivity index (χ4v) is 4.34. The maximum Gasteiger partial charge on any atom is 0.111 e. The lowest BCUT2D eigenvalue weighted by Gasteiger charge is -2.16. The Bertz CT molecular complexity index is 1200. The summed E-state index contributed by atoms with van der Waals surface area (Å²) in [7, 11) is 0. The minimum atomic E-state index is 0.561. The van der Waals surface area contributed by atoms with Gasteiger partial charge in [0.15, 0.2) is 0 Å². The van der Waals surface area contributed by atoms with Gasteiger partial charge in [0.05, 0.1) is 29.1 Å². The Labute approximate surface area is 181 Å². The summed E-state index contributed by atoms with van der Waals surface area (Å²) in [6, 6.07) is 10.1. The predicted molar refractivity (Wildman–Crippen MR) is 126 cm³/mol. The highest BCUT2D eigenvalue weighted by atomic mass is 14.9. The molecule has 0 amide bonds. The summed E-state index contributed by atoms with van der Waals surface area (Å²) in [6.45, 7) is 4.25. The Morgan fingerprint density at radius 3 is 2.77 bits per heavy atom. The van der Waals surface area contributed by atoms with Crippen molar-refractivity contribution in [3.8, 4) is 11.1 Å². The van der Waals surface area contributed by atoms with Crippen molar-refractivity contribution in [1.29, 1.82) is 0 Å².